The van der Waals surface area contributed by atoms with Crippen LogP contribution in [0.1, 0.15) is 52.7 Å². The van der Waals surface area contributed by atoms with Crippen LogP contribution >= 0.6 is 0 Å². The zero-order valence-corrected chi connectivity index (χ0v) is 32.3. The Bertz CT molecular complexity index is 1670. The molecule has 0 spiro atoms. The van der Waals surface area contributed by atoms with Gasteiger partial charge in [0.25, 0.3) is 0 Å². The van der Waals surface area contributed by atoms with Crippen molar-refractivity contribution in [2.24, 2.45) is 0 Å². The smallest absolute Gasteiger partial charge is 0.127 e. The van der Waals surface area contributed by atoms with Gasteiger partial charge in [-0.3, -0.25) is 0 Å². The summed E-state index contributed by atoms with van der Waals surface area (Å²) in [6.45, 7) is 14.2. The first-order valence-corrected chi connectivity index (χ1v) is 25.0. The highest BCUT2D eigenvalue weighted by molar-refractivity contribution is 7.16. The molecule has 0 bridgehead atoms. The van der Waals surface area contributed by atoms with Gasteiger partial charge >= 0.3 is 0 Å². The number of hydrogen-bond donors (Lipinski definition) is 0. The van der Waals surface area contributed by atoms with Crippen molar-refractivity contribution in [3.8, 4) is 22.9 Å². The second-order valence-electron chi connectivity index (χ2n) is 12.9. The number of benzene rings is 4. The Hall–Kier alpha value is -3.87. The summed E-state index contributed by atoms with van der Waals surface area (Å²) in [5.41, 5.74) is 13.3. The van der Waals surface area contributed by atoms with E-state index in [0.717, 1.165) is 0 Å². The zero-order valence-electron chi connectivity index (χ0n) is 29.3. The van der Waals surface area contributed by atoms with Gasteiger partial charge in [0.15, 0.2) is 8.07 Å². The Labute approximate surface area is 288 Å². The fraction of sp³-hybridized carbons (Fsp3) is 0.273. The third-order valence-corrected chi connectivity index (χ3v) is 25.1. The summed E-state index contributed by atoms with van der Waals surface area (Å²) < 4.78 is 0. The summed E-state index contributed by atoms with van der Waals surface area (Å²) >= 11 is 0. The first-order valence-electron chi connectivity index (χ1n) is 17.8. The Kier molecular flexibility index (Phi) is 11.3. The third kappa shape index (κ3) is 6.50. The summed E-state index contributed by atoms with van der Waals surface area (Å²) in [5.74, 6) is 8.27. The molecule has 1 aliphatic rings. The molecule has 0 amide bonds. The average molecular weight is 663 g/mol. The molecule has 5 rings (SSSR count). The molecule has 0 saturated heterocycles. The normalized spacial score (nSPS) is 14.3. The molecule has 0 nitrogen and oxygen atoms in total. The number of allylic oxidation sites excluding steroid dienone is 4. The Morgan fingerprint density at radius 2 is 0.681 bits per heavy atom. The Morgan fingerprint density at radius 1 is 0.404 bits per heavy atom. The fourth-order valence-electron chi connectivity index (χ4n) is 7.39. The minimum atomic E-state index is -2.95. The molecule has 0 saturated carbocycles. The van der Waals surface area contributed by atoms with Crippen molar-refractivity contribution >= 4 is 45.7 Å². The predicted octanol–water partition coefficient (Wildman–Crippen LogP) is 10.4. The Morgan fingerprint density at radius 3 is 0.957 bits per heavy atom. The van der Waals surface area contributed by atoms with Gasteiger partial charge in [-0.05, 0) is 68.9 Å². The van der Waals surface area contributed by atoms with Gasteiger partial charge in [-0.1, -0.05) is 175 Å². The summed E-state index contributed by atoms with van der Waals surface area (Å²) in [6.07, 6.45) is 0. The zero-order chi connectivity index (χ0) is 33.3. The quantitative estimate of drug-likeness (QED) is 0.117. The maximum absolute atomic E-state index is 4.14. The van der Waals surface area contributed by atoms with E-state index in [9.17, 15) is 0 Å². The molecule has 4 aromatic rings. The molecule has 1 aliphatic heterocycles. The molecule has 0 N–H and O–H groups in total. The van der Waals surface area contributed by atoms with Crippen LogP contribution in [0.5, 0.6) is 0 Å². The fourth-order valence-corrected chi connectivity index (χ4v) is 17.4. The first kappa shape index (κ1) is 34.5. The van der Waals surface area contributed by atoms with Crippen molar-refractivity contribution in [1.82, 2.24) is 0 Å². The van der Waals surface area contributed by atoms with Gasteiger partial charge < -0.3 is 0 Å². The maximum atomic E-state index is 4.14. The lowest BCUT2D eigenvalue weighted by molar-refractivity contribution is 1.20. The van der Waals surface area contributed by atoms with Gasteiger partial charge in [-0.15, -0.1) is 11.1 Å². The van der Waals surface area contributed by atoms with Gasteiger partial charge in [0.05, 0.1) is 0 Å². The molecule has 0 atom stereocenters. The maximum Gasteiger partial charge on any atom is 0.199 e. The van der Waals surface area contributed by atoms with E-state index in [-0.39, 0.29) is 0 Å². The average Bonchev–Trinajstić information content (AvgIpc) is 3.45. The summed E-state index contributed by atoms with van der Waals surface area (Å²) in [7, 11) is -6.53. The van der Waals surface area contributed by atoms with Crippen molar-refractivity contribution < 1.29 is 0 Å². The molecule has 4 aromatic carbocycles. The Balaban J connectivity index is 2.08. The van der Waals surface area contributed by atoms with Crippen LogP contribution < -0.4 is 10.4 Å². The molecule has 0 aromatic heterocycles. The molecular formula is C44H50Si3. The highest BCUT2D eigenvalue weighted by Crippen LogP contribution is 2.48. The molecular weight excluding hydrogens is 613 g/mol. The monoisotopic (exact) mass is 662 g/mol. The van der Waals surface area contributed by atoms with Crippen LogP contribution in [0.15, 0.2) is 132 Å². The summed E-state index contributed by atoms with van der Waals surface area (Å²) in [4.78, 5) is 0. The van der Waals surface area contributed by atoms with Gasteiger partial charge in [0.1, 0.15) is 16.1 Å². The lowest BCUT2D eigenvalue weighted by Gasteiger charge is -2.32. The van der Waals surface area contributed by atoms with E-state index in [4.69, 9.17) is 0 Å². The van der Waals surface area contributed by atoms with Crippen LogP contribution in [0.4, 0.5) is 0 Å². The molecule has 238 valence electrons. The number of rotatable bonds is 10. The van der Waals surface area contributed by atoms with E-state index < -0.39 is 24.2 Å². The van der Waals surface area contributed by atoms with E-state index in [0.29, 0.717) is 0 Å². The minimum Gasteiger partial charge on any atom is -0.127 e. The van der Waals surface area contributed by atoms with Crippen molar-refractivity contribution in [3.63, 3.8) is 0 Å². The molecule has 0 aliphatic carbocycles. The van der Waals surface area contributed by atoms with Crippen LogP contribution in [0.25, 0.3) is 11.1 Å². The lowest BCUT2D eigenvalue weighted by atomic mass is 9.92. The van der Waals surface area contributed by atoms with Crippen LogP contribution in [0.2, 0.25) is 36.3 Å². The van der Waals surface area contributed by atoms with Gasteiger partial charge in [0.2, 0.25) is 0 Å². The van der Waals surface area contributed by atoms with E-state index in [1.807, 2.05) is 0 Å². The molecule has 1 heterocycles. The molecule has 0 fully saturated rings. The van der Waals surface area contributed by atoms with Crippen molar-refractivity contribution in [1.29, 1.82) is 0 Å². The minimum absolute atomic E-state index is 1.18. The molecule has 0 radical (unpaired) electrons. The lowest BCUT2D eigenvalue weighted by Crippen LogP contribution is -2.60. The van der Waals surface area contributed by atoms with E-state index in [1.165, 1.54) is 79.3 Å². The molecule has 47 heavy (non-hydrogen) atoms. The second-order valence-corrected chi connectivity index (χ2v) is 26.4. The van der Waals surface area contributed by atoms with Crippen molar-refractivity contribution in [2.75, 3.05) is 0 Å². The SMILES string of the molecule is CC[Si](C#CC1=C(c2ccccc2)C(c2ccccc2)=C(C#C[Si](CC)(CC)CC)[Si]1(c1ccccc1)c1ccccc1)(CC)CC. The van der Waals surface area contributed by atoms with E-state index in [1.54, 1.807) is 0 Å². The van der Waals surface area contributed by atoms with Crippen molar-refractivity contribution in [2.45, 2.75) is 77.8 Å². The van der Waals surface area contributed by atoms with E-state index >= 15 is 0 Å². The first-order chi connectivity index (χ1) is 23.0. The largest absolute Gasteiger partial charge is 0.199 e. The topological polar surface area (TPSA) is 0 Å². The predicted molar refractivity (Wildman–Crippen MR) is 215 cm³/mol. The molecule has 3 heteroatoms. The van der Waals surface area contributed by atoms with Crippen LogP contribution in [0, 0.1) is 22.9 Å². The molecule has 0 unspecified atom stereocenters. The summed E-state index contributed by atoms with van der Waals surface area (Å²) in [5, 5.41) is 5.36. The van der Waals surface area contributed by atoms with Gasteiger partial charge in [-0.2, -0.15) is 0 Å². The van der Waals surface area contributed by atoms with Gasteiger partial charge in [0, 0.05) is 10.4 Å². The van der Waals surface area contributed by atoms with Crippen molar-refractivity contribution in [3.05, 3.63) is 143 Å². The summed E-state index contributed by atoms with van der Waals surface area (Å²) in [6, 6.07) is 51.9. The van der Waals surface area contributed by atoms with Crippen LogP contribution in [-0.2, 0) is 0 Å². The standard InChI is InChI=1S/C44H50Si3/c1-7-45(8-2,9-3)35-33-41-43(37-25-17-13-18-26-37)44(38-27-19-14-20-28-38)42(34-36-46(10-4,11-5)12-6)47(41,39-29-21-15-22-30-39)40-31-23-16-24-32-40/h13-32H,7-12H2,1-6H3. The highest BCUT2D eigenvalue weighted by Gasteiger charge is 2.52. The number of hydrogen-bond acceptors (Lipinski definition) is 0. The second kappa shape index (κ2) is 15.4. The highest BCUT2D eigenvalue weighted by atomic mass is 28.3. The van der Waals surface area contributed by atoms with Gasteiger partial charge in [-0.25, -0.2) is 0 Å². The third-order valence-electron chi connectivity index (χ3n) is 11.0. The van der Waals surface area contributed by atoms with Crippen LogP contribution in [0.3, 0.4) is 0 Å². The van der Waals surface area contributed by atoms with E-state index in [2.05, 4.69) is 186 Å². The van der Waals surface area contributed by atoms with Crippen LogP contribution in [-0.4, -0.2) is 24.2 Å².